The standard InChI is InChI=1S/C21H26N4O4S3/c1-13(2)21-23-19(24-29-21)17-10-18(14(3)31-17)32(27,28)25-8-4-6-15(12-25)20(26)22-11-16-7-5-9-30-16/h5,7,9-10,13,15H,4,6,8,11-12H2,1-3H3,(H,22,26)/t15-/m1/s1. The van der Waals surface area contributed by atoms with Crippen LogP contribution in [0.4, 0.5) is 0 Å². The maximum atomic E-state index is 13.4. The highest BCUT2D eigenvalue weighted by atomic mass is 32.2. The van der Waals surface area contributed by atoms with Crippen molar-refractivity contribution >= 4 is 38.6 Å². The number of thiophene rings is 2. The molecule has 1 atom stereocenters. The number of hydrogen-bond acceptors (Lipinski definition) is 8. The molecule has 1 N–H and O–H groups in total. The fourth-order valence-electron chi connectivity index (χ4n) is 3.65. The van der Waals surface area contributed by atoms with Crippen LogP contribution < -0.4 is 5.32 Å². The van der Waals surface area contributed by atoms with E-state index in [1.807, 2.05) is 31.4 Å². The van der Waals surface area contributed by atoms with E-state index in [0.29, 0.717) is 47.4 Å². The van der Waals surface area contributed by atoms with E-state index in [1.165, 1.54) is 15.6 Å². The molecule has 11 heteroatoms. The average Bonchev–Trinajstić information content (AvgIpc) is 3.52. The zero-order chi connectivity index (χ0) is 22.9. The fourth-order valence-corrected chi connectivity index (χ4v) is 7.30. The Labute approximate surface area is 195 Å². The smallest absolute Gasteiger partial charge is 0.244 e. The maximum Gasteiger partial charge on any atom is 0.244 e. The van der Waals surface area contributed by atoms with Gasteiger partial charge in [0.1, 0.15) is 0 Å². The lowest BCUT2D eigenvalue weighted by Gasteiger charge is -2.31. The fraction of sp³-hybridized carbons (Fsp3) is 0.476. The predicted molar refractivity (Wildman–Crippen MR) is 124 cm³/mol. The predicted octanol–water partition coefficient (Wildman–Crippen LogP) is 4.01. The van der Waals surface area contributed by atoms with Gasteiger partial charge in [-0.25, -0.2) is 8.42 Å². The number of sulfonamides is 1. The summed E-state index contributed by atoms with van der Waals surface area (Å²) < 4.78 is 33.5. The third kappa shape index (κ3) is 4.80. The van der Waals surface area contributed by atoms with Gasteiger partial charge in [0.2, 0.25) is 27.6 Å². The summed E-state index contributed by atoms with van der Waals surface area (Å²) in [6.45, 7) is 6.74. The van der Waals surface area contributed by atoms with Crippen molar-refractivity contribution in [1.82, 2.24) is 19.8 Å². The first kappa shape index (κ1) is 23.1. The number of hydrogen-bond donors (Lipinski definition) is 1. The first-order chi connectivity index (χ1) is 15.3. The lowest BCUT2D eigenvalue weighted by atomic mass is 9.99. The first-order valence-electron chi connectivity index (χ1n) is 10.5. The van der Waals surface area contributed by atoms with Gasteiger partial charge in [0.15, 0.2) is 0 Å². The quantitative estimate of drug-likeness (QED) is 0.532. The Morgan fingerprint density at radius 2 is 2.22 bits per heavy atom. The molecule has 0 saturated carbocycles. The van der Waals surface area contributed by atoms with Crippen LogP contribution in [-0.4, -0.2) is 41.9 Å². The molecular formula is C21H26N4O4S3. The first-order valence-corrected chi connectivity index (χ1v) is 13.6. The van der Waals surface area contributed by atoms with Gasteiger partial charge in [-0.3, -0.25) is 4.79 Å². The Morgan fingerprint density at radius 3 is 2.91 bits per heavy atom. The second-order valence-corrected chi connectivity index (χ2v) is 12.3. The molecule has 32 heavy (non-hydrogen) atoms. The Morgan fingerprint density at radius 1 is 1.41 bits per heavy atom. The molecular weight excluding hydrogens is 468 g/mol. The summed E-state index contributed by atoms with van der Waals surface area (Å²) in [5, 5.41) is 8.90. The van der Waals surface area contributed by atoms with E-state index < -0.39 is 10.0 Å². The van der Waals surface area contributed by atoms with Crippen LogP contribution in [0.25, 0.3) is 10.7 Å². The largest absolute Gasteiger partial charge is 0.351 e. The van der Waals surface area contributed by atoms with Gasteiger partial charge in [-0.05, 0) is 37.3 Å². The minimum atomic E-state index is -3.73. The number of carbonyl (C=O) groups is 1. The van der Waals surface area contributed by atoms with E-state index in [1.54, 1.807) is 24.3 Å². The maximum absolute atomic E-state index is 13.4. The molecule has 1 amide bonds. The van der Waals surface area contributed by atoms with Crippen molar-refractivity contribution < 1.29 is 17.7 Å². The average molecular weight is 495 g/mol. The number of aryl methyl sites for hydroxylation is 1. The molecule has 0 aliphatic carbocycles. The van der Waals surface area contributed by atoms with Gasteiger partial charge < -0.3 is 9.84 Å². The summed E-state index contributed by atoms with van der Waals surface area (Å²) in [6.07, 6.45) is 1.33. The molecule has 0 spiro atoms. The van der Waals surface area contributed by atoms with Crippen LogP contribution in [-0.2, 0) is 21.4 Å². The van der Waals surface area contributed by atoms with E-state index in [-0.39, 0.29) is 29.2 Å². The zero-order valence-electron chi connectivity index (χ0n) is 18.2. The van der Waals surface area contributed by atoms with Gasteiger partial charge in [0, 0.05) is 28.8 Å². The number of carbonyl (C=O) groups excluding carboxylic acids is 1. The molecule has 4 heterocycles. The summed E-state index contributed by atoms with van der Waals surface area (Å²) in [5.41, 5.74) is 0. The van der Waals surface area contributed by atoms with E-state index in [9.17, 15) is 13.2 Å². The van der Waals surface area contributed by atoms with Crippen LogP contribution in [0, 0.1) is 12.8 Å². The lowest BCUT2D eigenvalue weighted by Crippen LogP contribution is -2.45. The molecule has 0 bridgehead atoms. The van der Waals surface area contributed by atoms with E-state index in [2.05, 4.69) is 15.5 Å². The van der Waals surface area contributed by atoms with Crippen LogP contribution >= 0.6 is 22.7 Å². The van der Waals surface area contributed by atoms with E-state index in [0.717, 1.165) is 4.88 Å². The van der Waals surface area contributed by atoms with Crippen LogP contribution in [0.3, 0.4) is 0 Å². The topological polar surface area (TPSA) is 105 Å². The van der Waals surface area contributed by atoms with Gasteiger partial charge in [-0.1, -0.05) is 25.1 Å². The molecule has 1 saturated heterocycles. The Balaban J connectivity index is 1.48. The number of nitrogens with zero attached hydrogens (tertiary/aromatic N) is 3. The SMILES string of the molecule is Cc1sc(-c2noc(C(C)C)n2)cc1S(=O)(=O)N1CCC[C@@H](C(=O)NCc2cccs2)C1. The van der Waals surface area contributed by atoms with Gasteiger partial charge in [0.05, 0.1) is 22.2 Å². The van der Waals surface area contributed by atoms with Crippen molar-refractivity contribution in [2.75, 3.05) is 13.1 Å². The normalized spacial score (nSPS) is 17.7. The number of amides is 1. The van der Waals surface area contributed by atoms with Gasteiger partial charge in [-0.15, -0.1) is 22.7 Å². The van der Waals surface area contributed by atoms with Crippen LogP contribution in [0.5, 0.6) is 0 Å². The third-order valence-electron chi connectivity index (χ3n) is 5.42. The Hall–Kier alpha value is -2.08. The van der Waals surface area contributed by atoms with Crippen LogP contribution in [0.1, 0.15) is 48.3 Å². The molecule has 0 unspecified atom stereocenters. The molecule has 172 valence electrons. The molecule has 1 aliphatic heterocycles. The summed E-state index contributed by atoms with van der Waals surface area (Å²) >= 11 is 2.91. The monoisotopic (exact) mass is 494 g/mol. The summed E-state index contributed by atoms with van der Waals surface area (Å²) in [7, 11) is -3.73. The molecule has 8 nitrogen and oxygen atoms in total. The second kappa shape index (κ2) is 9.42. The minimum Gasteiger partial charge on any atom is -0.351 e. The Bertz CT molecular complexity index is 1180. The lowest BCUT2D eigenvalue weighted by molar-refractivity contribution is -0.126. The highest BCUT2D eigenvalue weighted by molar-refractivity contribution is 7.89. The molecule has 4 rings (SSSR count). The molecule has 0 aromatic carbocycles. The summed E-state index contributed by atoms with van der Waals surface area (Å²) in [4.78, 5) is 19.7. The number of piperidine rings is 1. The highest BCUT2D eigenvalue weighted by Gasteiger charge is 2.35. The van der Waals surface area contributed by atoms with Crippen molar-refractivity contribution in [2.45, 2.75) is 51.0 Å². The molecule has 1 fully saturated rings. The molecule has 3 aromatic rings. The van der Waals surface area contributed by atoms with Crippen LogP contribution in [0.2, 0.25) is 0 Å². The molecule has 3 aromatic heterocycles. The van der Waals surface area contributed by atoms with E-state index >= 15 is 0 Å². The minimum absolute atomic E-state index is 0.0942. The van der Waals surface area contributed by atoms with Gasteiger partial charge >= 0.3 is 0 Å². The van der Waals surface area contributed by atoms with Gasteiger partial charge in [-0.2, -0.15) is 9.29 Å². The summed E-state index contributed by atoms with van der Waals surface area (Å²) in [6, 6.07) is 5.52. The number of aromatic nitrogens is 2. The second-order valence-electron chi connectivity index (χ2n) is 8.14. The van der Waals surface area contributed by atoms with Gasteiger partial charge in [0.25, 0.3) is 0 Å². The molecule has 1 aliphatic rings. The van der Waals surface area contributed by atoms with Crippen molar-refractivity contribution in [3.05, 3.63) is 39.2 Å². The van der Waals surface area contributed by atoms with Crippen molar-refractivity contribution in [1.29, 1.82) is 0 Å². The van der Waals surface area contributed by atoms with E-state index in [4.69, 9.17) is 4.52 Å². The number of rotatable bonds is 7. The third-order valence-corrected chi connectivity index (χ3v) is 9.46. The molecule has 0 radical (unpaired) electrons. The number of nitrogens with one attached hydrogen (secondary N) is 1. The van der Waals surface area contributed by atoms with Crippen molar-refractivity contribution in [2.24, 2.45) is 5.92 Å². The van der Waals surface area contributed by atoms with Crippen molar-refractivity contribution in [3.63, 3.8) is 0 Å². The van der Waals surface area contributed by atoms with Crippen LogP contribution in [0.15, 0.2) is 33.0 Å². The zero-order valence-corrected chi connectivity index (χ0v) is 20.6. The summed E-state index contributed by atoms with van der Waals surface area (Å²) in [5.74, 6) is 0.545. The highest BCUT2D eigenvalue weighted by Crippen LogP contribution is 2.35. The Kier molecular flexibility index (Phi) is 6.80. The van der Waals surface area contributed by atoms with Crippen molar-refractivity contribution in [3.8, 4) is 10.7 Å².